The van der Waals surface area contributed by atoms with Crippen molar-refractivity contribution in [2.75, 3.05) is 46.8 Å². The van der Waals surface area contributed by atoms with Crippen LogP contribution < -0.4 is 0 Å². The smallest absolute Gasteiger partial charge is 0.256 e. The monoisotopic (exact) mass is 299 g/mol. The molecule has 18 heavy (non-hydrogen) atoms. The number of carbonyl (C=O) groups excluding carboxylic acids is 1. The first-order valence-electron chi connectivity index (χ1n) is 5.45. The van der Waals surface area contributed by atoms with Crippen LogP contribution in [0.1, 0.15) is 0 Å². The van der Waals surface area contributed by atoms with E-state index in [1.54, 1.807) is 13.2 Å². The number of nitrogens with zero attached hydrogens (tertiary/aromatic N) is 1. The highest BCUT2D eigenvalue weighted by molar-refractivity contribution is 6.53. The summed E-state index contributed by atoms with van der Waals surface area (Å²) >= 11 is 11.0. The summed E-state index contributed by atoms with van der Waals surface area (Å²) < 4.78 is 15.1. The van der Waals surface area contributed by atoms with Crippen LogP contribution in [0.5, 0.6) is 0 Å². The summed E-state index contributed by atoms with van der Waals surface area (Å²) in [4.78, 5) is 11.9. The Morgan fingerprint density at radius 3 is 2.56 bits per heavy atom. The van der Waals surface area contributed by atoms with Crippen molar-refractivity contribution in [2.45, 2.75) is 4.84 Å². The summed E-state index contributed by atoms with van der Waals surface area (Å²) in [5.74, 6) is -0.359. The first-order chi connectivity index (χ1) is 8.63. The average molecular weight is 300 g/mol. The van der Waals surface area contributed by atoms with Crippen LogP contribution in [0.4, 0.5) is 0 Å². The number of rotatable bonds is 11. The molecule has 0 radical (unpaired) electrons. The van der Waals surface area contributed by atoms with Crippen molar-refractivity contribution in [3.8, 4) is 0 Å². The first-order valence-corrected chi connectivity index (χ1v) is 6.33. The highest BCUT2D eigenvalue weighted by atomic mass is 35.5. The van der Waals surface area contributed by atoms with E-state index in [9.17, 15) is 4.79 Å². The van der Waals surface area contributed by atoms with Crippen molar-refractivity contribution < 1.29 is 19.0 Å². The summed E-state index contributed by atoms with van der Waals surface area (Å²) in [5, 5.41) is 0. The van der Waals surface area contributed by atoms with Gasteiger partial charge in [-0.3, -0.25) is 4.79 Å². The van der Waals surface area contributed by atoms with E-state index >= 15 is 0 Å². The topological polar surface area (TPSA) is 48.0 Å². The zero-order chi connectivity index (χ0) is 13.8. The molecule has 1 amide bonds. The molecule has 7 heteroatoms. The van der Waals surface area contributed by atoms with Gasteiger partial charge in [-0.1, -0.05) is 29.3 Å². The zero-order valence-corrected chi connectivity index (χ0v) is 12.0. The van der Waals surface area contributed by atoms with Crippen LogP contribution in [-0.2, 0) is 19.0 Å². The normalized spacial score (nSPS) is 10.7. The molecule has 0 aromatic carbocycles. The Labute approximate surface area is 118 Å². The second-order valence-electron chi connectivity index (χ2n) is 3.30. The first kappa shape index (κ1) is 17.7. The van der Waals surface area contributed by atoms with Crippen molar-refractivity contribution in [2.24, 2.45) is 0 Å². The largest absolute Gasteiger partial charge is 0.382 e. The molecule has 0 fully saturated rings. The summed E-state index contributed by atoms with van der Waals surface area (Å²) in [6.07, 6.45) is 1.60. The summed E-state index contributed by atoms with van der Waals surface area (Å²) in [5.41, 5.74) is 0. The molecule has 0 aromatic heterocycles. The third-order valence-corrected chi connectivity index (χ3v) is 2.33. The fourth-order valence-electron chi connectivity index (χ4n) is 1.08. The van der Waals surface area contributed by atoms with Crippen molar-refractivity contribution in [3.05, 3.63) is 12.7 Å². The van der Waals surface area contributed by atoms with E-state index < -0.39 is 4.84 Å². The standard InChI is InChI=1S/C11H19Cl2NO4/c1-3-4-14(11(15)10(12)13)5-6-17-9-18-8-7-16-2/h3,10H,1,4-9H2,2H3. The molecular formula is C11H19Cl2NO4. The number of alkyl halides is 2. The van der Waals surface area contributed by atoms with Crippen molar-refractivity contribution >= 4 is 29.1 Å². The van der Waals surface area contributed by atoms with Gasteiger partial charge in [0.1, 0.15) is 6.79 Å². The molecule has 0 unspecified atom stereocenters. The van der Waals surface area contributed by atoms with Gasteiger partial charge < -0.3 is 19.1 Å². The number of hydrogen-bond acceptors (Lipinski definition) is 4. The summed E-state index contributed by atoms with van der Waals surface area (Å²) in [7, 11) is 1.59. The van der Waals surface area contributed by atoms with Gasteiger partial charge in [0.25, 0.3) is 5.91 Å². The SMILES string of the molecule is C=CCN(CCOCOCCOC)C(=O)C(Cl)Cl. The van der Waals surface area contributed by atoms with Crippen LogP contribution in [0.3, 0.4) is 0 Å². The molecule has 0 rings (SSSR count). The third kappa shape index (κ3) is 8.72. The van der Waals surface area contributed by atoms with Crippen LogP contribution >= 0.6 is 23.2 Å². The molecule has 0 aromatic rings. The molecule has 5 nitrogen and oxygen atoms in total. The minimum atomic E-state index is -1.07. The number of carbonyl (C=O) groups is 1. The predicted octanol–water partition coefficient (Wildman–Crippen LogP) is 1.44. The van der Waals surface area contributed by atoms with Gasteiger partial charge in [0.2, 0.25) is 0 Å². The van der Waals surface area contributed by atoms with Gasteiger partial charge in [0, 0.05) is 20.2 Å². The summed E-state index contributed by atoms with van der Waals surface area (Å²) in [6.45, 7) is 5.81. The average Bonchev–Trinajstić information content (AvgIpc) is 2.35. The maximum absolute atomic E-state index is 11.5. The Morgan fingerprint density at radius 1 is 1.33 bits per heavy atom. The molecule has 0 saturated heterocycles. The third-order valence-electron chi connectivity index (χ3n) is 1.95. The Bertz CT molecular complexity index is 239. The van der Waals surface area contributed by atoms with Crippen LogP contribution in [0.15, 0.2) is 12.7 Å². The highest BCUT2D eigenvalue weighted by Gasteiger charge is 2.18. The van der Waals surface area contributed by atoms with Crippen molar-refractivity contribution in [1.82, 2.24) is 4.90 Å². The van der Waals surface area contributed by atoms with E-state index in [0.29, 0.717) is 32.9 Å². The maximum Gasteiger partial charge on any atom is 0.256 e. The lowest BCUT2D eigenvalue weighted by molar-refractivity contribution is -0.130. The van der Waals surface area contributed by atoms with E-state index in [0.717, 1.165) is 0 Å². The number of halogens is 2. The minimum absolute atomic E-state index is 0.157. The molecule has 0 aliphatic heterocycles. The fourth-order valence-corrected chi connectivity index (χ4v) is 1.36. The van der Waals surface area contributed by atoms with Crippen LogP contribution in [-0.4, -0.2) is 62.5 Å². The Morgan fingerprint density at radius 2 is 2.00 bits per heavy atom. The van der Waals surface area contributed by atoms with E-state index in [1.807, 2.05) is 0 Å². The minimum Gasteiger partial charge on any atom is -0.382 e. The molecule has 0 saturated carbocycles. The molecule has 0 aliphatic carbocycles. The molecule has 0 spiro atoms. The van der Waals surface area contributed by atoms with Gasteiger partial charge in [-0.2, -0.15) is 0 Å². The number of amides is 1. The van der Waals surface area contributed by atoms with E-state index in [-0.39, 0.29) is 12.7 Å². The zero-order valence-electron chi connectivity index (χ0n) is 10.4. The van der Waals surface area contributed by atoms with Gasteiger partial charge in [0.05, 0.1) is 19.8 Å². The maximum atomic E-state index is 11.5. The summed E-state index contributed by atoms with van der Waals surface area (Å²) in [6, 6.07) is 0. The van der Waals surface area contributed by atoms with E-state index in [1.165, 1.54) is 4.90 Å². The second-order valence-corrected chi connectivity index (χ2v) is 4.40. The lowest BCUT2D eigenvalue weighted by Crippen LogP contribution is -2.37. The molecule has 0 heterocycles. The van der Waals surface area contributed by atoms with Gasteiger partial charge in [-0.15, -0.1) is 6.58 Å². The van der Waals surface area contributed by atoms with Gasteiger partial charge in [0.15, 0.2) is 4.84 Å². The van der Waals surface area contributed by atoms with Crippen molar-refractivity contribution in [3.63, 3.8) is 0 Å². The Hall–Kier alpha value is -0.330. The molecule has 106 valence electrons. The molecule has 0 atom stereocenters. The Balaban J connectivity index is 3.70. The highest BCUT2D eigenvalue weighted by Crippen LogP contribution is 2.06. The molecular weight excluding hydrogens is 281 g/mol. The lowest BCUT2D eigenvalue weighted by Gasteiger charge is -2.21. The number of methoxy groups -OCH3 is 1. The quantitative estimate of drug-likeness (QED) is 0.251. The van der Waals surface area contributed by atoms with E-state index in [2.05, 4.69) is 6.58 Å². The van der Waals surface area contributed by atoms with Crippen LogP contribution in [0, 0.1) is 0 Å². The van der Waals surface area contributed by atoms with Gasteiger partial charge in [-0.25, -0.2) is 0 Å². The fraction of sp³-hybridized carbons (Fsp3) is 0.727. The number of hydrogen-bond donors (Lipinski definition) is 0. The molecule has 0 bridgehead atoms. The Kier molecular flexibility index (Phi) is 11.5. The lowest BCUT2D eigenvalue weighted by atomic mass is 10.4. The molecule has 0 aliphatic rings. The van der Waals surface area contributed by atoms with Crippen LogP contribution in [0.25, 0.3) is 0 Å². The van der Waals surface area contributed by atoms with Gasteiger partial charge >= 0.3 is 0 Å². The van der Waals surface area contributed by atoms with Gasteiger partial charge in [-0.05, 0) is 0 Å². The molecule has 0 N–H and O–H groups in total. The number of ether oxygens (including phenoxy) is 3. The predicted molar refractivity (Wildman–Crippen MR) is 70.9 cm³/mol. The second kappa shape index (κ2) is 11.7. The van der Waals surface area contributed by atoms with Crippen LogP contribution in [0.2, 0.25) is 0 Å². The van der Waals surface area contributed by atoms with Crippen molar-refractivity contribution in [1.29, 1.82) is 0 Å². The van der Waals surface area contributed by atoms with E-state index in [4.69, 9.17) is 37.4 Å².